The molecule has 1 atom stereocenters. The molecular weight excluding hydrogens is 289 g/mol. The topological polar surface area (TPSA) is 117 Å². The third kappa shape index (κ3) is 3.93. The summed E-state index contributed by atoms with van der Waals surface area (Å²) in [6.45, 7) is 0.919. The molecule has 1 fully saturated rings. The lowest BCUT2D eigenvalue weighted by molar-refractivity contribution is 0.0668. The summed E-state index contributed by atoms with van der Waals surface area (Å²) in [6.07, 6.45) is 1.78. The number of nitrogens with one attached hydrogen (secondary N) is 2. The maximum atomic E-state index is 13.9. The van der Waals surface area contributed by atoms with E-state index in [1.54, 1.807) is 12.1 Å². The molecule has 0 aromatic heterocycles. The highest BCUT2D eigenvalue weighted by atomic mass is 19.1. The van der Waals surface area contributed by atoms with E-state index in [4.69, 9.17) is 25.9 Å². The molecule has 2 rings (SSSR count). The molecule has 1 aliphatic rings. The fraction of sp³-hybridized carbons (Fsp3) is 0.357. The monoisotopic (exact) mass is 305 g/mol. The lowest BCUT2D eigenvalue weighted by Gasteiger charge is -2.15. The fourth-order valence-corrected chi connectivity index (χ4v) is 1.96. The van der Waals surface area contributed by atoms with Crippen LogP contribution in [0.1, 0.15) is 12.8 Å². The van der Waals surface area contributed by atoms with Crippen LogP contribution in [-0.4, -0.2) is 30.9 Å². The van der Waals surface area contributed by atoms with Gasteiger partial charge < -0.3 is 15.2 Å². The van der Waals surface area contributed by atoms with Gasteiger partial charge >= 0.3 is 0 Å². The largest absolute Gasteiger partial charge is 0.486 e. The molecule has 116 valence electrons. The summed E-state index contributed by atoms with van der Waals surface area (Å²) in [4.78, 5) is 0. The number of benzene rings is 1. The van der Waals surface area contributed by atoms with Crippen molar-refractivity contribution in [3.05, 3.63) is 24.0 Å². The van der Waals surface area contributed by atoms with E-state index in [1.165, 1.54) is 12.1 Å². The molecule has 0 radical (unpaired) electrons. The van der Waals surface area contributed by atoms with Gasteiger partial charge in [-0.1, -0.05) is 6.07 Å². The highest BCUT2D eigenvalue weighted by Crippen LogP contribution is 2.28. The minimum absolute atomic E-state index is 0.0115. The third-order valence-corrected chi connectivity index (χ3v) is 3.05. The Bertz CT molecular complexity index is 620. The van der Waals surface area contributed by atoms with Crippen LogP contribution in [0.2, 0.25) is 0 Å². The number of nitrogens with zero attached hydrogens (tertiary/aromatic N) is 2. The molecule has 0 amide bonds. The molecule has 0 aliphatic carbocycles. The van der Waals surface area contributed by atoms with Crippen LogP contribution < -0.4 is 15.9 Å². The van der Waals surface area contributed by atoms with E-state index in [0.717, 1.165) is 12.8 Å². The number of para-hydroxylation sites is 1. The van der Waals surface area contributed by atoms with Crippen LogP contribution in [0, 0.1) is 22.6 Å². The number of ether oxygens (including phenoxy) is 2. The average molecular weight is 305 g/mol. The van der Waals surface area contributed by atoms with Crippen LogP contribution in [0.4, 0.5) is 10.1 Å². The molecule has 1 aromatic rings. The maximum Gasteiger partial charge on any atom is 0.201 e. The van der Waals surface area contributed by atoms with Gasteiger partial charge in [0.25, 0.3) is 0 Å². The van der Waals surface area contributed by atoms with E-state index in [2.05, 4.69) is 10.5 Å². The molecule has 1 aromatic carbocycles. The van der Waals surface area contributed by atoms with Crippen molar-refractivity contribution in [1.82, 2.24) is 0 Å². The zero-order valence-corrected chi connectivity index (χ0v) is 11.8. The Hall–Kier alpha value is -2.66. The molecule has 8 heteroatoms. The zero-order chi connectivity index (χ0) is 15.9. The molecule has 7 nitrogen and oxygen atoms in total. The third-order valence-electron chi connectivity index (χ3n) is 3.05. The summed E-state index contributed by atoms with van der Waals surface area (Å²) in [5, 5.41) is 19.6. The SMILES string of the molecule is N#C/C(=N\Nc1cccc(F)c1OCC1CCCO1)C(=N)N. The number of hydrogen-bond acceptors (Lipinski definition) is 6. The number of halogens is 1. The first-order chi connectivity index (χ1) is 10.6. The lowest BCUT2D eigenvalue weighted by Crippen LogP contribution is -2.22. The minimum atomic E-state index is -0.556. The zero-order valence-electron chi connectivity index (χ0n) is 11.8. The van der Waals surface area contributed by atoms with Gasteiger partial charge in [0.2, 0.25) is 5.71 Å². The molecule has 22 heavy (non-hydrogen) atoms. The van der Waals surface area contributed by atoms with Crippen molar-refractivity contribution >= 4 is 17.2 Å². The molecule has 1 aliphatic heterocycles. The Morgan fingerprint density at radius 2 is 2.45 bits per heavy atom. The van der Waals surface area contributed by atoms with Gasteiger partial charge in [-0.3, -0.25) is 10.8 Å². The summed E-state index contributed by atoms with van der Waals surface area (Å²) in [7, 11) is 0. The van der Waals surface area contributed by atoms with E-state index in [1.807, 2.05) is 0 Å². The molecule has 0 spiro atoms. The quantitative estimate of drug-likeness (QED) is 0.419. The van der Waals surface area contributed by atoms with Crippen molar-refractivity contribution in [2.45, 2.75) is 18.9 Å². The molecule has 1 saturated heterocycles. The second-order valence-corrected chi connectivity index (χ2v) is 4.66. The van der Waals surface area contributed by atoms with Crippen molar-refractivity contribution in [2.75, 3.05) is 18.6 Å². The Morgan fingerprint density at radius 1 is 1.64 bits per heavy atom. The van der Waals surface area contributed by atoms with Gasteiger partial charge in [-0.25, -0.2) is 4.39 Å². The van der Waals surface area contributed by atoms with Gasteiger partial charge in [0.1, 0.15) is 18.4 Å². The van der Waals surface area contributed by atoms with Crippen LogP contribution in [0.5, 0.6) is 5.75 Å². The number of anilines is 1. The molecule has 0 saturated carbocycles. The molecule has 4 N–H and O–H groups in total. The van der Waals surface area contributed by atoms with E-state index in [9.17, 15) is 4.39 Å². The van der Waals surface area contributed by atoms with Gasteiger partial charge in [-0.05, 0) is 25.0 Å². The molecule has 1 unspecified atom stereocenters. The van der Waals surface area contributed by atoms with E-state index in [-0.39, 0.29) is 29.9 Å². The van der Waals surface area contributed by atoms with Gasteiger partial charge in [-0.2, -0.15) is 10.4 Å². The van der Waals surface area contributed by atoms with Crippen molar-refractivity contribution in [3.63, 3.8) is 0 Å². The molecule has 0 bridgehead atoms. The molecular formula is C14H16FN5O2. The average Bonchev–Trinajstić information content (AvgIpc) is 3.00. The van der Waals surface area contributed by atoms with Crippen LogP contribution in [0.15, 0.2) is 23.3 Å². The standard InChI is InChI=1S/C14H16FN5O2/c15-10-4-1-5-11(19-20-12(7-16)14(17)18)13(10)22-8-9-3-2-6-21-9/h1,4-5,9,19H,2-3,6,8H2,(H3,17,18)/b20-12+. The smallest absolute Gasteiger partial charge is 0.201 e. The Balaban J connectivity index is 2.12. The van der Waals surface area contributed by atoms with Crippen molar-refractivity contribution in [2.24, 2.45) is 10.8 Å². The van der Waals surface area contributed by atoms with Gasteiger partial charge in [-0.15, -0.1) is 0 Å². The summed E-state index contributed by atoms with van der Waals surface area (Å²) in [5.74, 6) is -1.05. The van der Waals surface area contributed by atoms with E-state index >= 15 is 0 Å². The van der Waals surface area contributed by atoms with Crippen LogP contribution in [-0.2, 0) is 4.74 Å². The number of nitrogens with two attached hydrogens (primary N) is 1. The van der Waals surface area contributed by atoms with Gasteiger partial charge in [0.05, 0.1) is 6.10 Å². The number of nitriles is 1. The summed E-state index contributed by atoms with van der Waals surface area (Å²) in [6, 6.07) is 5.95. The maximum absolute atomic E-state index is 13.9. The Morgan fingerprint density at radius 3 is 3.09 bits per heavy atom. The highest BCUT2D eigenvalue weighted by molar-refractivity contribution is 6.45. The number of hydrogen-bond donors (Lipinski definition) is 3. The Labute approximate surface area is 127 Å². The first-order valence-electron chi connectivity index (χ1n) is 6.73. The van der Waals surface area contributed by atoms with Crippen LogP contribution in [0.25, 0.3) is 0 Å². The summed E-state index contributed by atoms with van der Waals surface area (Å²) < 4.78 is 24.8. The van der Waals surface area contributed by atoms with E-state index < -0.39 is 11.7 Å². The van der Waals surface area contributed by atoms with Crippen LogP contribution in [0.3, 0.4) is 0 Å². The first kappa shape index (κ1) is 15.7. The van der Waals surface area contributed by atoms with Crippen molar-refractivity contribution in [1.29, 1.82) is 10.7 Å². The van der Waals surface area contributed by atoms with E-state index in [0.29, 0.717) is 6.61 Å². The first-order valence-corrected chi connectivity index (χ1v) is 6.73. The lowest BCUT2D eigenvalue weighted by atomic mass is 10.2. The minimum Gasteiger partial charge on any atom is -0.486 e. The predicted molar refractivity (Wildman–Crippen MR) is 79.5 cm³/mol. The summed E-state index contributed by atoms with van der Waals surface area (Å²) >= 11 is 0. The second kappa shape index (κ2) is 7.38. The van der Waals surface area contributed by atoms with Crippen LogP contribution >= 0.6 is 0 Å². The molecule has 1 heterocycles. The second-order valence-electron chi connectivity index (χ2n) is 4.66. The van der Waals surface area contributed by atoms with Gasteiger partial charge in [0, 0.05) is 6.61 Å². The summed E-state index contributed by atoms with van der Waals surface area (Å²) in [5.41, 5.74) is 7.64. The van der Waals surface area contributed by atoms with Gasteiger partial charge in [0.15, 0.2) is 17.4 Å². The fourth-order valence-electron chi connectivity index (χ4n) is 1.96. The van der Waals surface area contributed by atoms with Crippen molar-refractivity contribution in [3.8, 4) is 11.8 Å². The number of hydrazone groups is 1. The van der Waals surface area contributed by atoms with Crippen molar-refractivity contribution < 1.29 is 13.9 Å². The number of rotatable bonds is 6. The Kier molecular flexibility index (Phi) is 5.27. The normalized spacial score (nSPS) is 17.8. The predicted octanol–water partition coefficient (Wildman–Crippen LogP) is 1.61. The highest BCUT2D eigenvalue weighted by Gasteiger charge is 2.18. The number of amidine groups is 1.